The van der Waals surface area contributed by atoms with Gasteiger partial charge >= 0.3 is 5.97 Å². The molecule has 6 nitrogen and oxygen atoms in total. The fraction of sp³-hybridized carbons (Fsp3) is 0.588. The minimum absolute atomic E-state index is 0.0155. The van der Waals surface area contributed by atoms with Crippen LogP contribution in [0.5, 0.6) is 0 Å². The molecule has 7 heteroatoms. The third kappa shape index (κ3) is 3.49. The van der Waals surface area contributed by atoms with Gasteiger partial charge in [0.15, 0.2) is 0 Å². The number of aliphatic carboxylic acids is 1. The Labute approximate surface area is 140 Å². The van der Waals surface area contributed by atoms with Gasteiger partial charge in [-0.3, -0.25) is 9.78 Å². The van der Waals surface area contributed by atoms with E-state index in [9.17, 15) is 19.1 Å². The van der Waals surface area contributed by atoms with Crippen molar-refractivity contribution in [1.82, 2.24) is 9.88 Å². The number of aromatic nitrogens is 1. The highest BCUT2D eigenvalue weighted by molar-refractivity contribution is 5.85. The minimum atomic E-state index is -1.25. The second-order valence-corrected chi connectivity index (χ2v) is 6.49. The van der Waals surface area contributed by atoms with Crippen LogP contribution in [-0.2, 0) is 9.59 Å². The molecule has 1 aromatic rings. The van der Waals surface area contributed by atoms with Crippen molar-refractivity contribution in [3.63, 3.8) is 0 Å². The van der Waals surface area contributed by atoms with Gasteiger partial charge in [0.2, 0.25) is 5.91 Å². The number of alkyl halides is 1. The molecule has 0 aromatic carbocycles. The van der Waals surface area contributed by atoms with Crippen molar-refractivity contribution in [3.05, 3.63) is 24.5 Å². The van der Waals surface area contributed by atoms with Gasteiger partial charge in [-0.05, 0) is 31.4 Å². The maximum absolute atomic E-state index is 13.6. The molecule has 3 atom stereocenters. The van der Waals surface area contributed by atoms with E-state index in [0.29, 0.717) is 0 Å². The number of carbonyl (C=O) groups is 2. The predicted octanol–water partition coefficient (Wildman–Crippen LogP) is 1.85. The smallest absolute Gasteiger partial charge is 0.326 e. The van der Waals surface area contributed by atoms with E-state index >= 15 is 0 Å². The number of carbonyl (C=O) groups excluding carboxylic acids is 1. The number of halogens is 1. The molecule has 1 unspecified atom stereocenters. The average Bonchev–Trinajstić information content (AvgIpc) is 2.98. The Morgan fingerprint density at radius 1 is 1.29 bits per heavy atom. The van der Waals surface area contributed by atoms with Crippen LogP contribution in [0, 0.1) is 0 Å². The highest BCUT2D eigenvalue weighted by Gasteiger charge is 2.40. The number of rotatable bonds is 4. The Balaban J connectivity index is 1.71. The molecule has 3 rings (SSSR count). The first-order chi connectivity index (χ1) is 11.6. The van der Waals surface area contributed by atoms with E-state index in [2.05, 4.69) is 9.88 Å². The highest BCUT2D eigenvalue weighted by Crippen LogP contribution is 2.28. The molecule has 3 heterocycles. The van der Waals surface area contributed by atoms with Crippen molar-refractivity contribution in [2.24, 2.45) is 0 Å². The second-order valence-electron chi connectivity index (χ2n) is 6.49. The van der Waals surface area contributed by atoms with E-state index < -0.39 is 18.2 Å². The normalized spacial score (nSPS) is 27.3. The molecule has 24 heavy (non-hydrogen) atoms. The van der Waals surface area contributed by atoms with Gasteiger partial charge in [-0.15, -0.1) is 0 Å². The van der Waals surface area contributed by atoms with Gasteiger partial charge in [0.1, 0.15) is 12.2 Å². The molecule has 0 bridgehead atoms. The van der Waals surface area contributed by atoms with Crippen LogP contribution >= 0.6 is 0 Å². The Morgan fingerprint density at radius 3 is 2.75 bits per heavy atom. The van der Waals surface area contributed by atoms with Crippen LogP contribution < -0.4 is 4.90 Å². The average molecular weight is 335 g/mol. The summed E-state index contributed by atoms with van der Waals surface area (Å²) in [4.78, 5) is 31.3. The van der Waals surface area contributed by atoms with Gasteiger partial charge in [-0.25, -0.2) is 9.18 Å². The van der Waals surface area contributed by atoms with Gasteiger partial charge in [0, 0.05) is 43.5 Å². The van der Waals surface area contributed by atoms with Crippen molar-refractivity contribution in [2.45, 2.75) is 50.4 Å². The molecular weight excluding hydrogens is 313 g/mol. The molecule has 130 valence electrons. The summed E-state index contributed by atoms with van der Waals surface area (Å²) in [6.45, 7) is 0.744. The highest BCUT2D eigenvalue weighted by atomic mass is 19.1. The molecule has 1 aromatic heterocycles. The quantitative estimate of drug-likeness (QED) is 0.909. The number of likely N-dealkylation sites (tertiary alicyclic amines) is 1. The van der Waals surface area contributed by atoms with Gasteiger partial charge in [0.25, 0.3) is 0 Å². The summed E-state index contributed by atoms with van der Waals surface area (Å²) in [5, 5.41) is 9.21. The van der Waals surface area contributed by atoms with Crippen LogP contribution in [0.2, 0.25) is 0 Å². The fourth-order valence-electron chi connectivity index (χ4n) is 3.70. The van der Waals surface area contributed by atoms with E-state index in [-0.39, 0.29) is 31.3 Å². The maximum Gasteiger partial charge on any atom is 0.326 e. The number of carboxylic acids is 1. The Kier molecular flexibility index (Phi) is 4.97. The molecule has 1 amide bonds. The number of amides is 1. The van der Waals surface area contributed by atoms with E-state index in [1.54, 1.807) is 12.4 Å². The summed E-state index contributed by atoms with van der Waals surface area (Å²) >= 11 is 0. The minimum Gasteiger partial charge on any atom is -0.480 e. The van der Waals surface area contributed by atoms with Gasteiger partial charge < -0.3 is 14.9 Å². The van der Waals surface area contributed by atoms with Crippen molar-refractivity contribution in [3.8, 4) is 0 Å². The molecule has 1 N–H and O–H groups in total. The summed E-state index contributed by atoms with van der Waals surface area (Å²) in [5.41, 5.74) is 1.02. The summed E-state index contributed by atoms with van der Waals surface area (Å²) < 4.78 is 13.6. The van der Waals surface area contributed by atoms with Crippen LogP contribution in [0.1, 0.15) is 32.1 Å². The fourth-order valence-corrected chi connectivity index (χ4v) is 3.70. The number of anilines is 1. The number of piperidine rings is 1. The summed E-state index contributed by atoms with van der Waals surface area (Å²) in [6.07, 6.45) is 5.26. The molecule has 2 saturated heterocycles. The Hall–Kier alpha value is -2.18. The molecule has 0 spiro atoms. The first-order valence-corrected chi connectivity index (χ1v) is 8.39. The molecule has 0 saturated carbocycles. The molecular formula is C17H22FN3O3. The third-order valence-corrected chi connectivity index (χ3v) is 4.89. The Morgan fingerprint density at radius 2 is 2.04 bits per heavy atom. The van der Waals surface area contributed by atoms with Crippen molar-refractivity contribution < 1.29 is 19.1 Å². The SMILES string of the molecule is O=C(O)[C@@H]1C[C@H](F)CN1C(=O)CC1CCCCN1c1ccncc1. The molecule has 2 aliphatic rings. The van der Waals surface area contributed by atoms with Crippen molar-refractivity contribution >= 4 is 17.6 Å². The lowest BCUT2D eigenvalue weighted by molar-refractivity contribution is -0.148. The van der Waals surface area contributed by atoms with Crippen LogP contribution in [-0.4, -0.2) is 58.2 Å². The topological polar surface area (TPSA) is 73.7 Å². The lowest BCUT2D eigenvalue weighted by Crippen LogP contribution is -2.46. The van der Waals surface area contributed by atoms with Crippen molar-refractivity contribution in [1.29, 1.82) is 0 Å². The van der Waals surface area contributed by atoms with E-state index in [0.717, 1.165) is 31.5 Å². The lowest BCUT2D eigenvalue weighted by Gasteiger charge is -2.38. The zero-order valence-corrected chi connectivity index (χ0v) is 13.5. The number of carboxylic acid groups (broad SMARTS) is 1. The number of hydrogen-bond donors (Lipinski definition) is 1. The zero-order valence-electron chi connectivity index (χ0n) is 13.5. The largest absolute Gasteiger partial charge is 0.480 e. The zero-order chi connectivity index (χ0) is 17.1. The van der Waals surface area contributed by atoms with Crippen LogP contribution in [0.3, 0.4) is 0 Å². The van der Waals surface area contributed by atoms with Crippen LogP contribution in [0.15, 0.2) is 24.5 Å². The molecule has 0 aliphatic carbocycles. The summed E-state index contributed by atoms with van der Waals surface area (Å²) in [5.74, 6) is -1.40. The van der Waals surface area contributed by atoms with Crippen LogP contribution in [0.25, 0.3) is 0 Å². The first-order valence-electron chi connectivity index (χ1n) is 8.39. The van der Waals surface area contributed by atoms with Gasteiger partial charge in [-0.2, -0.15) is 0 Å². The van der Waals surface area contributed by atoms with E-state index in [1.807, 2.05) is 12.1 Å². The monoisotopic (exact) mass is 335 g/mol. The number of hydrogen-bond acceptors (Lipinski definition) is 4. The van der Waals surface area contributed by atoms with Crippen LogP contribution in [0.4, 0.5) is 10.1 Å². The van der Waals surface area contributed by atoms with E-state index in [4.69, 9.17) is 0 Å². The van der Waals surface area contributed by atoms with Gasteiger partial charge in [-0.1, -0.05) is 0 Å². The van der Waals surface area contributed by atoms with Crippen molar-refractivity contribution in [2.75, 3.05) is 18.0 Å². The maximum atomic E-state index is 13.6. The third-order valence-electron chi connectivity index (χ3n) is 4.89. The second kappa shape index (κ2) is 7.15. The standard InChI is InChI=1S/C17H22FN3O3/c18-12-9-15(17(23)24)21(11-12)16(22)10-14-3-1-2-8-20(14)13-4-6-19-7-5-13/h4-7,12,14-15H,1-3,8-11H2,(H,23,24)/t12-,14?,15-/m0/s1. The summed E-state index contributed by atoms with van der Waals surface area (Å²) in [7, 11) is 0. The molecule has 2 fully saturated rings. The number of nitrogens with zero attached hydrogens (tertiary/aromatic N) is 3. The van der Waals surface area contributed by atoms with Gasteiger partial charge in [0.05, 0.1) is 6.54 Å². The lowest BCUT2D eigenvalue weighted by atomic mass is 9.98. The first kappa shape index (κ1) is 16.7. The summed E-state index contributed by atoms with van der Waals surface area (Å²) in [6, 6.07) is 2.80. The Bertz CT molecular complexity index is 598. The number of pyridine rings is 1. The molecule has 2 aliphatic heterocycles. The van der Waals surface area contributed by atoms with E-state index in [1.165, 1.54) is 4.90 Å². The predicted molar refractivity (Wildman–Crippen MR) is 86.5 cm³/mol. The molecule has 0 radical (unpaired) electrons.